The lowest BCUT2D eigenvalue weighted by Gasteiger charge is -2.36. The smallest absolute Gasteiger partial charge is 0.335 e. The predicted molar refractivity (Wildman–Crippen MR) is 81.1 cm³/mol. The van der Waals surface area contributed by atoms with Crippen molar-refractivity contribution in [2.45, 2.75) is 58.5 Å². The fourth-order valence-corrected chi connectivity index (χ4v) is 3.32. The number of carboxylic acids is 1. The van der Waals surface area contributed by atoms with Gasteiger partial charge in [-0.15, -0.1) is 0 Å². The number of aromatic carboxylic acids is 1. The maximum atomic E-state index is 11.3. The number of fused-ring (bicyclic) bond motifs is 1. The van der Waals surface area contributed by atoms with E-state index < -0.39 is 5.97 Å². The number of rotatable bonds is 6. The largest absolute Gasteiger partial charge is 0.478 e. The van der Waals surface area contributed by atoms with Crippen molar-refractivity contribution in [2.24, 2.45) is 0 Å². The molecule has 3 nitrogen and oxygen atoms in total. The molecule has 0 saturated heterocycles. The topological polar surface area (TPSA) is 40.5 Å². The number of carboxylic acid groups (broad SMARTS) is 1. The number of carbonyl (C=O) groups is 1. The first-order valence-electron chi connectivity index (χ1n) is 7.75. The molecule has 1 N–H and O–H groups in total. The number of hydrogen-bond donors (Lipinski definition) is 1. The molecule has 0 unspecified atom stereocenters. The molecule has 0 amide bonds. The van der Waals surface area contributed by atoms with Gasteiger partial charge in [0.15, 0.2) is 0 Å². The van der Waals surface area contributed by atoms with Crippen molar-refractivity contribution in [3.05, 3.63) is 34.9 Å². The molecule has 3 heteroatoms. The van der Waals surface area contributed by atoms with Gasteiger partial charge in [0, 0.05) is 19.1 Å². The standard InChI is InChI=1S/C17H25NO2/c1-3-6-14(7-4-2)18-11-10-15-13(12-18)8-5-9-16(15)17(19)20/h5,8-9,14H,3-4,6-7,10-12H2,1-2H3,(H,19,20). The maximum Gasteiger partial charge on any atom is 0.335 e. The highest BCUT2D eigenvalue weighted by atomic mass is 16.4. The third-order valence-corrected chi connectivity index (χ3v) is 4.29. The highest BCUT2D eigenvalue weighted by Gasteiger charge is 2.25. The Morgan fingerprint density at radius 1 is 1.30 bits per heavy atom. The van der Waals surface area contributed by atoms with Crippen molar-refractivity contribution in [2.75, 3.05) is 6.54 Å². The minimum atomic E-state index is -0.797. The fraction of sp³-hybridized carbons (Fsp3) is 0.588. The molecular formula is C17H25NO2. The lowest BCUT2D eigenvalue weighted by atomic mass is 9.92. The second-order valence-electron chi connectivity index (χ2n) is 5.70. The molecule has 1 aliphatic heterocycles. The third kappa shape index (κ3) is 3.21. The van der Waals surface area contributed by atoms with Gasteiger partial charge in [0.1, 0.15) is 0 Å². The van der Waals surface area contributed by atoms with Crippen LogP contribution in [0, 0.1) is 0 Å². The molecule has 1 heterocycles. The van der Waals surface area contributed by atoms with E-state index in [9.17, 15) is 9.90 Å². The lowest BCUT2D eigenvalue weighted by molar-refractivity contribution is 0.0694. The lowest BCUT2D eigenvalue weighted by Crippen LogP contribution is -2.39. The maximum absolute atomic E-state index is 11.3. The Morgan fingerprint density at radius 2 is 2.00 bits per heavy atom. The molecule has 1 aliphatic rings. The SMILES string of the molecule is CCCC(CCC)N1CCc2c(cccc2C(=O)O)C1. The molecule has 110 valence electrons. The molecule has 0 aromatic heterocycles. The first kappa shape index (κ1) is 15.0. The minimum Gasteiger partial charge on any atom is -0.478 e. The van der Waals surface area contributed by atoms with Gasteiger partial charge in [0.2, 0.25) is 0 Å². The summed E-state index contributed by atoms with van der Waals surface area (Å²) in [4.78, 5) is 13.8. The molecule has 0 bridgehead atoms. The van der Waals surface area contributed by atoms with Gasteiger partial charge in [-0.2, -0.15) is 0 Å². The second-order valence-corrected chi connectivity index (χ2v) is 5.70. The van der Waals surface area contributed by atoms with E-state index in [1.54, 1.807) is 6.07 Å². The van der Waals surface area contributed by atoms with E-state index in [-0.39, 0.29) is 0 Å². The van der Waals surface area contributed by atoms with Crippen LogP contribution in [0.5, 0.6) is 0 Å². The van der Waals surface area contributed by atoms with Gasteiger partial charge >= 0.3 is 5.97 Å². The van der Waals surface area contributed by atoms with Crippen LogP contribution in [0.25, 0.3) is 0 Å². The van der Waals surface area contributed by atoms with Crippen LogP contribution in [-0.4, -0.2) is 28.6 Å². The van der Waals surface area contributed by atoms with E-state index in [0.29, 0.717) is 11.6 Å². The first-order chi connectivity index (χ1) is 9.67. The minimum absolute atomic E-state index is 0.490. The Morgan fingerprint density at radius 3 is 2.60 bits per heavy atom. The summed E-state index contributed by atoms with van der Waals surface area (Å²) in [5.74, 6) is -0.797. The second kappa shape index (κ2) is 6.89. The summed E-state index contributed by atoms with van der Waals surface area (Å²) >= 11 is 0. The molecule has 1 aromatic rings. The summed E-state index contributed by atoms with van der Waals surface area (Å²) in [6, 6.07) is 6.34. The zero-order chi connectivity index (χ0) is 14.5. The van der Waals surface area contributed by atoms with Crippen LogP contribution < -0.4 is 0 Å². The van der Waals surface area contributed by atoms with E-state index in [2.05, 4.69) is 24.8 Å². The molecule has 1 aromatic carbocycles. The average molecular weight is 275 g/mol. The van der Waals surface area contributed by atoms with Gasteiger partial charge in [0.05, 0.1) is 5.56 Å². The quantitative estimate of drug-likeness (QED) is 0.860. The Kier molecular flexibility index (Phi) is 5.18. The van der Waals surface area contributed by atoms with Crippen LogP contribution in [0.4, 0.5) is 0 Å². The number of benzene rings is 1. The van der Waals surface area contributed by atoms with Gasteiger partial charge in [-0.05, 0) is 36.5 Å². The van der Waals surface area contributed by atoms with Crippen molar-refractivity contribution in [1.29, 1.82) is 0 Å². The van der Waals surface area contributed by atoms with Crippen LogP contribution >= 0.6 is 0 Å². The molecule has 0 aliphatic carbocycles. The average Bonchev–Trinajstić information content (AvgIpc) is 2.45. The van der Waals surface area contributed by atoms with E-state index in [1.807, 2.05) is 6.07 Å². The van der Waals surface area contributed by atoms with Gasteiger partial charge < -0.3 is 5.11 Å². The van der Waals surface area contributed by atoms with Gasteiger partial charge in [-0.3, -0.25) is 4.90 Å². The highest BCUT2D eigenvalue weighted by molar-refractivity contribution is 5.89. The molecule has 0 fully saturated rings. The summed E-state index contributed by atoms with van der Waals surface area (Å²) in [6.07, 6.45) is 5.76. The molecule has 0 radical (unpaired) electrons. The summed E-state index contributed by atoms with van der Waals surface area (Å²) in [7, 11) is 0. The number of hydrogen-bond acceptors (Lipinski definition) is 2. The van der Waals surface area contributed by atoms with Gasteiger partial charge in [-0.25, -0.2) is 4.79 Å². The highest BCUT2D eigenvalue weighted by Crippen LogP contribution is 2.26. The van der Waals surface area contributed by atoms with Gasteiger partial charge in [-0.1, -0.05) is 38.8 Å². The van der Waals surface area contributed by atoms with Crippen molar-refractivity contribution >= 4 is 5.97 Å². The van der Waals surface area contributed by atoms with E-state index >= 15 is 0 Å². The normalized spacial score (nSPS) is 15.3. The van der Waals surface area contributed by atoms with Crippen LogP contribution in [0.3, 0.4) is 0 Å². The van der Waals surface area contributed by atoms with Crippen LogP contribution in [0.2, 0.25) is 0 Å². The predicted octanol–water partition coefficient (Wildman–Crippen LogP) is 3.71. The molecule has 0 saturated carbocycles. The molecule has 2 rings (SSSR count). The Balaban J connectivity index is 2.18. The van der Waals surface area contributed by atoms with E-state index in [4.69, 9.17) is 0 Å². The van der Waals surface area contributed by atoms with Crippen molar-refractivity contribution in [1.82, 2.24) is 4.90 Å². The summed E-state index contributed by atoms with van der Waals surface area (Å²) in [6.45, 7) is 6.37. The molecule has 20 heavy (non-hydrogen) atoms. The Labute approximate surface area is 121 Å². The van der Waals surface area contributed by atoms with Crippen LogP contribution in [-0.2, 0) is 13.0 Å². The number of nitrogens with zero attached hydrogens (tertiary/aromatic N) is 1. The van der Waals surface area contributed by atoms with Crippen LogP contribution in [0.1, 0.15) is 61.0 Å². The zero-order valence-electron chi connectivity index (χ0n) is 12.6. The van der Waals surface area contributed by atoms with Crippen molar-refractivity contribution in [3.63, 3.8) is 0 Å². The zero-order valence-corrected chi connectivity index (χ0v) is 12.6. The first-order valence-corrected chi connectivity index (χ1v) is 7.75. The molecule has 0 spiro atoms. The summed E-state index contributed by atoms with van der Waals surface area (Å²) < 4.78 is 0. The van der Waals surface area contributed by atoms with E-state index in [0.717, 1.165) is 25.1 Å². The van der Waals surface area contributed by atoms with Crippen LogP contribution in [0.15, 0.2) is 18.2 Å². The molecular weight excluding hydrogens is 250 g/mol. The third-order valence-electron chi connectivity index (χ3n) is 4.29. The van der Waals surface area contributed by atoms with Gasteiger partial charge in [0.25, 0.3) is 0 Å². The Bertz CT molecular complexity index is 464. The fourth-order valence-electron chi connectivity index (χ4n) is 3.32. The molecule has 0 atom stereocenters. The summed E-state index contributed by atoms with van der Waals surface area (Å²) in [5.41, 5.74) is 2.74. The van der Waals surface area contributed by atoms with E-state index in [1.165, 1.54) is 31.2 Å². The summed E-state index contributed by atoms with van der Waals surface area (Å²) in [5, 5.41) is 9.27. The Hall–Kier alpha value is -1.35. The van der Waals surface area contributed by atoms with Crippen molar-refractivity contribution < 1.29 is 9.90 Å². The monoisotopic (exact) mass is 275 g/mol. The van der Waals surface area contributed by atoms with Crippen molar-refractivity contribution in [3.8, 4) is 0 Å².